The van der Waals surface area contributed by atoms with Gasteiger partial charge in [0.2, 0.25) is 5.95 Å². The Morgan fingerprint density at radius 2 is 1.84 bits per heavy atom. The lowest BCUT2D eigenvalue weighted by atomic mass is 9.71. The molecule has 4 aromatic rings. The van der Waals surface area contributed by atoms with E-state index < -0.39 is 17.3 Å². The average Bonchev–Trinajstić information content (AvgIpc) is 3.39. The molecule has 7 rings (SSSR count). The largest absolute Gasteiger partial charge is 0.496 e. The second-order valence-electron chi connectivity index (χ2n) is 14.9. The number of aryl methyl sites for hydroxylation is 1. The number of carbonyl (C=O) groups excluding carboxylic acids is 1. The number of amides is 1. The van der Waals surface area contributed by atoms with Crippen molar-refractivity contribution >= 4 is 28.6 Å². The Hall–Kier alpha value is -4.13. The highest BCUT2D eigenvalue weighted by atomic mass is 19.1. The van der Waals surface area contributed by atoms with Crippen molar-refractivity contribution in [3.63, 3.8) is 0 Å². The van der Waals surface area contributed by atoms with Gasteiger partial charge in [0.15, 0.2) is 5.82 Å². The minimum Gasteiger partial charge on any atom is -0.496 e. The van der Waals surface area contributed by atoms with Crippen LogP contribution in [0.3, 0.4) is 0 Å². The number of ether oxygens (including phenoxy) is 1. The molecule has 0 aliphatic carbocycles. The fourth-order valence-corrected chi connectivity index (χ4v) is 7.83. The summed E-state index contributed by atoms with van der Waals surface area (Å²) in [6.45, 7) is 12.1. The molecule has 0 saturated carbocycles. The lowest BCUT2D eigenvalue weighted by molar-refractivity contribution is -0.0704. The molecule has 1 amide bonds. The molecular formula is C37H47FN8O3. The van der Waals surface area contributed by atoms with Crippen molar-refractivity contribution in [1.29, 1.82) is 0 Å². The number of fused-ring (bicyclic) bond motifs is 1. The number of nitrogens with zero attached hydrogens (tertiary/aromatic N) is 7. The van der Waals surface area contributed by atoms with E-state index >= 15 is 4.39 Å². The molecule has 1 aromatic carbocycles. The number of benzene rings is 1. The predicted octanol–water partition coefficient (Wildman–Crippen LogP) is 4.97. The van der Waals surface area contributed by atoms with Crippen LogP contribution in [0.15, 0.2) is 42.7 Å². The predicted molar refractivity (Wildman–Crippen MR) is 189 cm³/mol. The Labute approximate surface area is 287 Å². The first-order valence-electron chi connectivity index (χ1n) is 17.3. The van der Waals surface area contributed by atoms with Crippen molar-refractivity contribution in [3.05, 3.63) is 59.8 Å². The first-order valence-corrected chi connectivity index (χ1v) is 17.3. The van der Waals surface area contributed by atoms with Crippen LogP contribution >= 0.6 is 0 Å². The average molecular weight is 671 g/mol. The first-order chi connectivity index (χ1) is 23.4. The van der Waals surface area contributed by atoms with Gasteiger partial charge in [0.1, 0.15) is 11.4 Å². The maximum absolute atomic E-state index is 16.0. The molecule has 3 saturated heterocycles. The fourth-order valence-electron chi connectivity index (χ4n) is 7.83. The van der Waals surface area contributed by atoms with E-state index in [4.69, 9.17) is 9.72 Å². The number of anilines is 2. The molecule has 6 heterocycles. The minimum absolute atomic E-state index is 0.0241. The van der Waals surface area contributed by atoms with Crippen molar-refractivity contribution in [2.75, 3.05) is 63.6 Å². The molecule has 12 heteroatoms. The molecule has 3 aliphatic rings. The quantitative estimate of drug-likeness (QED) is 0.269. The van der Waals surface area contributed by atoms with Crippen LogP contribution in [-0.4, -0.2) is 105 Å². The van der Waals surface area contributed by atoms with Gasteiger partial charge >= 0.3 is 0 Å². The highest BCUT2D eigenvalue weighted by Crippen LogP contribution is 2.43. The molecule has 1 spiro atoms. The number of likely N-dealkylation sites (tertiary alicyclic amines) is 2. The van der Waals surface area contributed by atoms with E-state index in [1.807, 2.05) is 10.6 Å². The summed E-state index contributed by atoms with van der Waals surface area (Å²) in [5, 5.41) is 13.7. The number of imidazole rings is 1. The number of hydrogen-bond donors (Lipinski definition) is 2. The van der Waals surface area contributed by atoms with Crippen LogP contribution in [0.5, 0.6) is 5.75 Å². The van der Waals surface area contributed by atoms with Gasteiger partial charge in [-0.2, -0.15) is 0 Å². The zero-order valence-corrected chi connectivity index (χ0v) is 29.2. The van der Waals surface area contributed by atoms with Crippen molar-refractivity contribution in [1.82, 2.24) is 29.3 Å². The summed E-state index contributed by atoms with van der Waals surface area (Å²) in [5.41, 5.74) is 2.59. The number of halogens is 1. The van der Waals surface area contributed by atoms with Crippen molar-refractivity contribution < 1.29 is 19.0 Å². The third-order valence-electron chi connectivity index (χ3n) is 10.6. The number of carbonyl (C=O) groups is 1. The van der Waals surface area contributed by atoms with E-state index in [9.17, 15) is 9.90 Å². The highest BCUT2D eigenvalue weighted by Gasteiger charge is 2.46. The molecule has 11 nitrogen and oxygen atoms in total. The van der Waals surface area contributed by atoms with E-state index in [2.05, 4.69) is 49.2 Å². The maximum Gasteiger partial charge on any atom is 0.261 e. The molecule has 3 aliphatic heterocycles. The molecule has 260 valence electrons. The second-order valence-corrected chi connectivity index (χ2v) is 14.9. The Bertz CT molecular complexity index is 1850. The summed E-state index contributed by atoms with van der Waals surface area (Å²) in [6, 6.07) is 9.78. The SMILES string of the molecule is COc1ccncc1-c1nc(C)cc(C(=O)Nc2nc3ccc(N4CCC(N5CC6(CCN(C)CC6)C5)CC4)cc3n2CC(C)(C)O)c1F. The van der Waals surface area contributed by atoms with Gasteiger partial charge in [-0.15, -0.1) is 0 Å². The molecule has 49 heavy (non-hydrogen) atoms. The summed E-state index contributed by atoms with van der Waals surface area (Å²) in [6.07, 6.45) is 7.90. The van der Waals surface area contributed by atoms with Crippen LogP contribution in [0.1, 0.15) is 55.6 Å². The highest BCUT2D eigenvalue weighted by molar-refractivity contribution is 6.05. The summed E-state index contributed by atoms with van der Waals surface area (Å²) in [7, 11) is 3.71. The molecule has 3 aromatic heterocycles. The number of nitrogens with one attached hydrogen (secondary N) is 1. The van der Waals surface area contributed by atoms with Crippen LogP contribution in [0.4, 0.5) is 16.0 Å². The van der Waals surface area contributed by atoms with E-state index in [-0.39, 0.29) is 23.8 Å². The number of aromatic nitrogens is 4. The van der Waals surface area contributed by atoms with Crippen molar-refractivity contribution in [3.8, 4) is 17.0 Å². The molecule has 0 unspecified atom stereocenters. The number of piperidine rings is 2. The van der Waals surface area contributed by atoms with Crippen LogP contribution in [0.25, 0.3) is 22.3 Å². The van der Waals surface area contributed by atoms with Crippen molar-refractivity contribution in [2.24, 2.45) is 5.41 Å². The Morgan fingerprint density at radius 3 is 2.53 bits per heavy atom. The molecule has 2 N–H and O–H groups in total. The topological polar surface area (TPSA) is 112 Å². The van der Waals surface area contributed by atoms with Gasteiger partial charge in [-0.1, -0.05) is 0 Å². The van der Waals surface area contributed by atoms with Crippen LogP contribution in [0, 0.1) is 18.2 Å². The number of pyridine rings is 2. The van der Waals surface area contributed by atoms with E-state index in [0.29, 0.717) is 34.0 Å². The third-order valence-corrected chi connectivity index (χ3v) is 10.6. The van der Waals surface area contributed by atoms with Gasteiger partial charge in [0.25, 0.3) is 5.91 Å². The fraction of sp³-hybridized carbons (Fsp3) is 0.514. The smallest absolute Gasteiger partial charge is 0.261 e. The summed E-state index contributed by atoms with van der Waals surface area (Å²) in [4.78, 5) is 34.5. The second kappa shape index (κ2) is 13.0. The number of hydrogen-bond acceptors (Lipinski definition) is 9. The molecule has 0 bridgehead atoms. The Kier molecular flexibility index (Phi) is 8.83. The monoisotopic (exact) mass is 670 g/mol. The Balaban J connectivity index is 1.11. The first kappa shape index (κ1) is 33.4. The van der Waals surface area contributed by atoms with Gasteiger partial charge in [-0.05, 0) is 102 Å². The Morgan fingerprint density at radius 1 is 1.10 bits per heavy atom. The maximum atomic E-state index is 16.0. The van der Waals surface area contributed by atoms with Gasteiger partial charge in [0, 0.05) is 56.0 Å². The van der Waals surface area contributed by atoms with Gasteiger partial charge in [-0.3, -0.25) is 20.0 Å². The zero-order chi connectivity index (χ0) is 34.5. The van der Waals surface area contributed by atoms with E-state index in [1.54, 1.807) is 33.0 Å². The van der Waals surface area contributed by atoms with Crippen LogP contribution in [-0.2, 0) is 6.54 Å². The number of rotatable bonds is 8. The summed E-state index contributed by atoms with van der Waals surface area (Å²) >= 11 is 0. The van der Waals surface area contributed by atoms with Gasteiger partial charge in [-0.25, -0.2) is 14.4 Å². The molecule has 0 atom stereocenters. The van der Waals surface area contributed by atoms with Crippen LogP contribution in [0.2, 0.25) is 0 Å². The van der Waals surface area contributed by atoms with Gasteiger partial charge in [0.05, 0.1) is 41.4 Å². The van der Waals surface area contributed by atoms with E-state index in [0.717, 1.165) is 37.1 Å². The third kappa shape index (κ3) is 6.73. The zero-order valence-electron chi connectivity index (χ0n) is 29.2. The minimum atomic E-state index is -1.10. The molecule has 3 fully saturated rings. The summed E-state index contributed by atoms with van der Waals surface area (Å²) in [5.74, 6) is -0.834. The van der Waals surface area contributed by atoms with Gasteiger partial charge < -0.3 is 24.2 Å². The standard InChI is InChI=1S/C37H47FN8O3/c1-24-18-27(32(38)33(40-24)28-20-39-13-8-31(28)49-5)34(47)42-35-41-29-7-6-26(19-30(29)46(35)21-36(2,3)48)44-14-9-25(10-15-44)45-22-37(23-45)11-16-43(4)17-12-37/h6-8,13,18-20,25,48H,9-12,14-17,21-23H2,1-5H3,(H,41,42,47). The molecular weight excluding hydrogens is 623 g/mol. The van der Waals surface area contributed by atoms with Crippen LogP contribution < -0.4 is 15.0 Å². The normalized spacial score (nSPS) is 19.0. The molecule has 0 radical (unpaired) electrons. The lowest BCUT2D eigenvalue weighted by Crippen LogP contribution is -2.63. The van der Waals surface area contributed by atoms with E-state index in [1.165, 1.54) is 58.4 Å². The number of aliphatic hydroxyl groups is 1. The summed E-state index contributed by atoms with van der Waals surface area (Å²) < 4.78 is 23.2. The lowest BCUT2D eigenvalue weighted by Gasteiger charge is -2.57. The van der Waals surface area contributed by atoms with Crippen molar-refractivity contribution in [2.45, 2.75) is 64.6 Å². The number of methoxy groups -OCH3 is 1.